The van der Waals surface area contributed by atoms with Crippen LogP contribution in [0.1, 0.15) is 31.7 Å². The fourth-order valence-electron chi connectivity index (χ4n) is 2.36. The molecule has 3 heteroatoms. The number of nitrogens with zero attached hydrogens (tertiary/aromatic N) is 1. The first-order valence-corrected chi connectivity index (χ1v) is 7.29. The lowest BCUT2D eigenvalue weighted by atomic mass is 10.1. The molecule has 1 aliphatic rings. The lowest BCUT2D eigenvalue weighted by Crippen LogP contribution is -2.46. The van der Waals surface area contributed by atoms with Gasteiger partial charge in [0.15, 0.2) is 0 Å². The van der Waals surface area contributed by atoms with Gasteiger partial charge in [-0.25, -0.2) is 0 Å². The van der Waals surface area contributed by atoms with E-state index < -0.39 is 6.04 Å². The Labute approximate surface area is 115 Å². The van der Waals surface area contributed by atoms with Gasteiger partial charge in [-0.05, 0) is 37.2 Å². The summed E-state index contributed by atoms with van der Waals surface area (Å²) < 4.78 is 0. The smallest absolute Gasteiger partial charge is 0.239 e. The van der Waals surface area contributed by atoms with Crippen LogP contribution in [-0.2, 0) is 11.2 Å². The van der Waals surface area contributed by atoms with E-state index in [1.807, 2.05) is 35.2 Å². The molecule has 1 aromatic carbocycles. The van der Waals surface area contributed by atoms with Gasteiger partial charge >= 0.3 is 0 Å². The zero-order chi connectivity index (χ0) is 13.7. The number of carbonyl (C=O) groups is 1. The third-order valence-corrected chi connectivity index (χ3v) is 3.60. The number of benzene rings is 1. The summed E-state index contributed by atoms with van der Waals surface area (Å²) in [5.74, 6) is 0.831. The first-order chi connectivity index (χ1) is 9.20. The lowest BCUT2D eigenvalue weighted by molar-refractivity contribution is -0.132. The molecule has 19 heavy (non-hydrogen) atoms. The molecule has 0 saturated heterocycles. The first-order valence-electron chi connectivity index (χ1n) is 7.29. The highest BCUT2D eigenvalue weighted by Crippen LogP contribution is 2.29. The van der Waals surface area contributed by atoms with E-state index in [2.05, 4.69) is 6.92 Å². The summed E-state index contributed by atoms with van der Waals surface area (Å²) in [5.41, 5.74) is 7.22. The second kappa shape index (κ2) is 6.71. The van der Waals surface area contributed by atoms with Gasteiger partial charge in [0.25, 0.3) is 0 Å². The monoisotopic (exact) mass is 260 g/mol. The highest BCUT2D eigenvalue weighted by atomic mass is 16.2. The van der Waals surface area contributed by atoms with Gasteiger partial charge in [0.05, 0.1) is 6.04 Å². The molecule has 1 saturated carbocycles. The Bertz CT molecular complexity index is 400. The second-order valence-electron chi connectivity index (χ2n) is 5.52. The molecule has 2 N–H and O–H groups in total. The zero-order valence-electron chi connectivity index (χ0n) is 11.7. The minimum Gasteiger partial charge on any atom is -0.341 e. The number of carbonyl (C=O) groups excluding carboxylic acids is 1. The van der Waals surface area contributed by atoms with Crippen molar-refractivity contribution in [1.29, 1.82) is 0 Å². The summed E-state index contributed by atoms with van der Waals surface area (Å²) in [4.78, 5) is 14.4. The van der Waals surface area contributed by atoms with Crippen LogP contribution in [0, 0.1) is 5.92 Å². The summed E-state index contributed by atoms with van der Waals surface area (Å²) in [5, 5.41) is 0. The van der Waals surface area contributed by atoms with Gasteiger partial charge in [-0.3, -0.25) is 4.79 Å². The van der Waals surface area contributed by atoms with E-state index in [4.69, 9.17) is 5.73 Å². The Kier molecular flexibility index (Phi) is 4.97. The van der Waals surface area contributed by atoms with Crippen LogP contribution in [0.3, 0.4) is 0 Å². The second-order valence-corrected chi connectivity index (χ2v) is 5.52. The standard InChI is InChI=1S/C16H24N2O/c1-2-10-18(12-14-8-9-14)16(19)15(17)11-13-6-4-3-5-7-13/h3-7,14-15H,2,8-12,17H2,1H3. The SMILES string of the molecule is CCCN(CC1CC1)C(=O)C(N)Cc1ccccc1. The van der Waals surface area contributed by atoms with Crippen molar-refractivity contribution in [1.82, 2.24) is 4.90 Å². The van der Waals surface area contributed by atoms with E-state index >= 15 is 0 Å². The average Bonchev–Trinajstić information content (AvgIpc) is 3.22. The summed E-state index contributed by atoms with van der Waals surface area (Å²) in [6, 6.07) is 9.60. The maximum Gasteiger partial charge on any atom is 0.239 e. The maximum atomic E-state index is 12.4. The van der Waals surface area contributed by atoms with E-state index in [0.717, 1.165) is 31.0 Å². The molecule has 3 nitrogen and oxygen atoms in total. The van der Waals surface area contributed by atoms with E-state index in [0.29, 0.717) is 6.42 Å². The number of nitrogens with two attached hydrogens (primary N) is 1. The van der Waals surface area contributed by atoms with E-state index in [-0.39, 0.29) is 5.91 Å². The molecular formula is C16H24N2O. The molecule has 104 valence electrons. The molecule has 0 bridgehead atoms. The fourth-order valence-corrected chi connectivity index (χ4v) is 2.36. The molecule has 1 aliphatic carbocycles. The van der Waals surface area contributed by atoms with Crippen molar-refractivity contribution in [2.75, 3.05) is 13.1 Å². The minimum atomic E-state index is -0.410. The number of hydrogen-bond acceptors (Lipinski definition) is 2. The predicted octanol–water partition coefficient (Wildman–Crippen LogP) is 2.21. The van der Waals surface area contributed by atoms with Gasteiger partial charge in [0, 0.05) is 13.1 Å². The molecule has 0 aliphatic heterocycles. The Morgan fingerprint density at radius 2 is 2.05 bits per heavy atom. The van der Waals surface area contributed by atoms with Crippen molar-refractivity contribution in [3.8, 4) is 0 Å². The number of amides is 1. The molecule has 0 aromatic heterocycles. The summed E-state index contributed by atoms with van der Waals surface area (Å²) in [7, 11) is 0. The van der Waals surface area contributed by atoms with Crippen LogP contribution >= 0.6 is 0 Å². The van der Waals surface area contributed by atoms with Gasteiger partial charge in [-0.1, -0.05) is 37.3 Å². The average molecular weight is 260 g/mol. The lowest BCUT2D eigenvalue weighted by Gasteiger charge is -2.25. The fraction of sp³-hybridized carbons (Fsp3) is 0.562. The Balaban J connectivity index is 1.91. The quantitative estimate of drug-likeness (QED) is 0.817. The molecule has 1 amide bonds. The molecule has 1 unspecified atom stereocenters. The van der Waals surface area contributed by atoms with Gasteiger partial charge in [0.1, 0.15) is 0 Å². The van der Waals surface area contributed by atoms with Crippen molar-refractivity contribution in [2.45, 2.75) is 38.6 Å². The Morgan fingerprint density at radius 1 is 1.37 bits per heavy atom. The maximum absolute atomic E-state index is 12.4. The van der Waals surface area contributed by atoms with Crippen molar-refractivity contribution >= 4 is 5.91 Å². The van der Waals surface area contributed by atoms with Crippen molar-refractivity contribution in [2.24, 2.45) is 11.7 Å². The molecule has 0 spiro atoms. The molecule has 1 fully saturated rings. The minimum absolute atomic E-state index is 0.109. The van der Waals surface area contributed by atoms with Crippen LogP contribution in [0.25, 0.3) is 0 Å². The van der Waals surface area contributed by atoms with Crippen LogP contribution in [0.15, 0.2) is 30.3 Å². The van der Waals surface area contributed by atoms with Gasteiger partial charge < -0.3 is 10.6 Å². The van der Waals surface area contributed by atoms with Crippen LogP contribution in [0.2, 0.25) is 0 Å². The van der Waals surface area contributed by atoms with Crippen LogP contribution in [-0.4, -0.2) is 29.9 Å². The molecule has 1 aromatic rings. The highest BCUT2D eigenvalue weighted by Gasteiger charge is 2.28. The number of hydrogen-bond donors (Lipinski definition) is 1. The van der Waals surface area contributed by atoms with Crippen LogP contribution in [0.4, 0.5) is 0 Å². The highest BCUT2D eigenvalue weighted by molar-refractivity contribution is 5.82. The van der Waals surface area contributed by atoms with Gasteiger partial charge in [-0.15, -0.1) is 0 Å². The van der Waals surface area contributed by atoms with Crippen molar-refractivity contribution in [3.05, 3.63) is 35.9 Å². The zero-order valence-corrected chi connectivity index (χ0v) is 11.7. The Morgan fingerprint density at radius 3 is 2.63 bits per heavy atom. The predicted molar refractivity (Wildman–Crippen MR) is 77.7 cm³/mol. The Hall–Kier alpha value is -1.35. The topological polar surface area (TPSA) is 46.3 Å². The third-order valence-electron chi connectivity index (χ3n) is 3.60. The van der Waals surface area contributed by atoms with Crippen LogP contribution < -0.4 is 5.73 Å². The van der Waals surface area contributed by atoms with E-state index in [1.54, 1.807) is 0 Å². The molecule has 0 heterocycles. The normalized spacial score (nSPS) is 16.1. The van der Waals surface area contributed by atoms with E-state index in [1.165, 1.54) is 12.8 Å². The van der Waals surface area contributed by atoms with Crippen molar-refractivity contribution in [3.63, 3.8) is 0 Å². The summed E-state index contributed by atoms with van der Waals surface area (Å²) >= 11 is 0. The first kappa shape index (κ1) is 14.1. The molecular weight excluding hydrogens is 236 g/mol. The summed E-state index contributed by atoms with van der Waals surface area (Å²) in [6.45, 7) is 3.84. The van der Waals surface area contributed by atoms with Gasteiger partial charge in [0.2, 0.25) is 5.91 Å². The van der Waals surface area contributed by atoms with Crippen molar-refractivity contribution < 1.29 is 4.79 Å². The summed E-state index contributed by atoms with van der Waals surface area (Å²) in [6.07, 6.45) is 4.16. The largest absolute Gasteiger partial charge is 0.341 e. The van der Waals surface area contributed by atoms with Gasteiger partial charge in [-0.2, -0.15) is 0 Å². The molecule has 0 radical (unpaired) electrons. The molecule has 1 atom stereocenters. The number of rotatable bonds is 7. The van der Waals surface area contributed by atoms with E-state index in [9.17, 15) is 4.79 Å². The third kappa shape index (κ3) is 4.35. The molecule has 2 rings (SSSR count). The van der Waals surface area contributed by atoms with Crippen LogP contribution in [0.5, 0.6) is 0 Å².